The predicted octanol–water partition coefficient (Wildman–Crippen LogP) is 3.41. The molecule has 3 heterocycles. The van der Waals surface area contributed by atoms with Gasteiger partial charge < -0.3 is 15.6 Å². The van der Waals surface area contributed by atoms with Crippen LogP contribution in [0.3, 0.4) is 0 Å². The normalized spacial score (nSPS) is 11.6. The largest absolute Gasteiger partial charge is 0.369 e. The highest BCUT2D eigenvalue weighted by molar-refractivity contribution is 7.59. The zero-order valence-corrected chi connectivity index (χ0v) is 18.6. The summed E-state index contributed by atoms with van der Waals surface area (Å²) in [7, 11) is 1.63. The molecule has 3 N–H and O–H groups in total. The number of hydrogen-bond donors (Lipinski definition) is 3. The fourth-order valence-corrected chi connectivity index (χ4v) is 3.45. The minimum atomic E-state index is -0.118. The van der Waals surface area contributed by atoms with Gasteiger partial charge in [-0.1, -0.05) is 25.1 Å². The third kappa shape index (κ3) is 4.66. The van der Waals surface area contributed by atoms with E-state index in [1.807, 2.05) is 31.2 Å². The molecular weight excluding hydrogens is 410 g/mol. The Labute approximate surface area is 187 Å². The summed E-state index contributed by atoms with van der Waals surface area (Å²) in [6, 6.07) is 9.58. The second-order valence-corrected chi connectivity index (χ2v) is 7.13. The zero-order chi connectivity index (χ0) is 21.1. The Morgan fingerprint density at radius 1 is 1.16 bits per heavy atom. The first-order valence-electron chi connectivity index (χ1n) is 9.74. The summed E-state index contributed by atoms with van der Waals surface area (Å²) in [4.78, 5) is 32.8. The van der Waals surface area contributed by atoms with Crippen molar-refractivity contribution in [2.75, 3.05) is 18.9 Å². The number of imidazole rings is 1. The van der Waals surface area contributed by atoms with Gasteiger partial charge >= 0.3 is 0 Å². The number of carbonyl (C=O) groups excluding carboxylic acids is 1. The van der Waals surface area contributed by atoms with Gasteiger partial charge in [-0.05, 0) is 18.6 Å². The third-order valence-corrected chi connectivity index (χ3v) is 5.04. The van der Waals surface area contributed by atoms with Gasteiger partial charge in [0.25, 0.3) is 5.91 Å². The Morgan fingerprint density at radius 2 is 2.00 bits per heavy atom. The summed E-state index contributed by atoms with van der Waals surface area (Å²) < 4.78 is 0. The lowest BCUT2D eigenvalue weighted by Gasteiger charge is -2.16. The summed E-state index contributed by atoms with van der Waals surface area (Å²) in [5.74, 6) is 1.60. The van der Waals surface area contributed by atoms with Crippen LogP contribution in [-0.2, 0) is 0 Å². The van der Waals surface area contributed by atoms with E-state index in [9.17, 15) is 4.79 Å². The van der Waals surface area contributed by atoms with Crippen LogP contribution in [0.2, 0.25) is 0 Å². The molecule has 0 aliphatic carbocycles. The predicted molar refractivity (Wildman–Crippen MR) is 127 cm³/mol. The number of nitrogens with one attached hydrogen (secondary N) is 3. The van der Waals surface area contributed by atoms with Crippen LogP contribution in [0.5, 0.6) is 0 Å². The van der Waals surface area contributed by atoms with Crippen LogP contribution in [0, 0.1) is 6.92 Å². The van der Waals surface area contributed by atoms with E-state index in [0.717, 1.165) is 39.5 Å². The highest BCUT2D eigenvalue weighted by atomic mass is 32.1. The van der Waals surface area contributed by atoms with E-state index >= 15 is 0 Å². The van der Waals surface area contributed by atoms with Gasteiger partial charge in [0.05, 0.1) is 28.7 Å². The molecule has 0 fully saturated rings. The Morgan fingerprint density at radius 3 is 2.74 bits per heavy atom. The van der Waals surface area contributed by atoms with Gasteiger partial charge in [0.15, 0.2) is 0 Å². The van der Waals surface area contributed by atoms with Crippen LogP contribution in [0.1, 0.15) is 34.6 Å². The number of nitrogens with zero attached hydrogens (tertiary/aromatic N) is 4. The van der Waals surface area contributed by atoms with Crippen molar-refractivity contribution in [3.05, 3.63) is 66.0 Å². The minimum absolute atomic E-state index is 0. The third-order valence-electron chi connectivity index (χ3n) is 5.04. The summed E-state index contributed by atoms with van der Waals surface area (Å²) in [6.45, 7) is 4.68. The van der Waals surface area contributed by atoms with Crippen LogP contribution >= 0.6 is 13.5 Å². The van der Waals surface area contributed by atoms with Crippen molar-refractivity contribution in [2.24, 2.45) is 0 Å². The van der Waals surface area contributed by atoms with Gasteiger partial charge in [0.2, 0.25) is 0 Å². The van der Waals surface area contributed by atoms with Gasteiger partial charge in [0.1, 0.15) is 18.0 Å². The van der Waals surface area contributed by atoms with Crippen LogP contribution in [0.15, 0.2) is 49.1 Å². The number of carbonyl (C=O) groups is 1. The van der Waals surface area contributed by atoms with Crippen LogP contribution < -0.4 is 10.6 Å². The molecule has 31 heavy (non-hydrogen) atoms. The lowest BCUT2D eigenvalue weighted by molar-refractivity contribution is 0.0964. The van der Waals surface area contributed by atoms with E-state index in [2.05, 4.69) is 42.5 Å². The van der Waals surface area contributed by atoms with Gasteiger partial charge in [-0.3, -0.25) is 9.78 Å². The molecule has 8 nitrogen and oxygen atoms in total. The maximum absolute atomic E-state index is 12.2. The summed E-state index contributed by atoms with van der Waals surface area (Å²) >= 11 is 0. The van der Waals surface area contributed by atoms with E-state index in [4.69, 9.17) is 0 Å². The number of aromatic amines is 1. The van der Waals surface area contributed by atoms with Crippen molar-refractivity contribution in [3.63, 3.8) is 0 Å². The monoisotopic (exact) mass is 435 g/mol. The second kappa shape index (κ2) is 9.57. The highest BCUT2D eigenvalue weighted by Gasteiger charge is 2.15. The average Bonchev–Trinajstić information content (AvgIpc) is 3.22. The van der Waals surface area contributed by atoms with E-state index in [1.54, 1.807) is 25.5 Å². The van der Waals surface area contributed by atoms with Crippen molar-refractivity contribution < 1.29 is 4.79 Å². The Hall–Kier alpha value is -3.46. The van der Waals surface area contributed by atoms with Crippen LogP contribution in [0.25, 0.3) is 22.3 Å². The van der Waals surface area contributed by atoms with Crippen molar-refractivity contribution in [1.82, 2.24) is 30.2 Å². The van der Waals surface area contributed by atoms with Crippen molar-refractivity contribution in [3.8, 4) is 11.4 Å². The standard InChI is InChI=1S/C22H23N7O.H2S/c1-13(10-26-20-9-18(27-12-28-20)19-11-25-14(2)29-19)15-5-4-6-16-17(22(30)23-3)7-8-24-21(15)16;/h4-9,11-13H,10H2,1-3H3,(H,23,30)(H,25,29)(H,26,27,28);1H2/t13-;/m1./s1. The van der Waals surface area contributed by atoms with Gasteiger partial charge in [-0.25, -0.2) is 15.0 Å². The molecule has 0 spiro atoms. The van der Waals surface area contributed by atoms with Crippen molar-refractivity contribution >= 4 is 36.1 Å². The lowest BCUT2D eigenvalue weighted by Crippen LogP contribution is -2.18. The molecule has 1 aromatic carbocycles. The maximum Gasteiger partial charge on any atom is 0.251 e. The first-order chi connectivity index (χ1) is 14.6. The smallest absolute Gasteiger partial charge is 0.251 e. The number of aryl methyl sites for hydroxylation is 1. The number of para-hydroxylation sites is 1. The molecule has 1 atom stereocenters. The Bertz CT molecular complexity index is 1210. The van der Waals surface area contributed by atoms with E-state index in [1.165, 1.54) is 6.33 Å². The van der Waals surface area contributed by atoms with Gasteiger partial charge in [-0.2, -0.15) is 13.5 Å². The highest BCUT2D eigenvalue weighted by Crippen LogP contribution is 2.26. The average molecular weight is 436 g/mol. The molecule has 0 aliphatic rings. The van der Waals surface area contributed by atoms with Crippen molar-refractivity contribution in [2.45, 2.75) is 19.8 Å². The van der Waals surface area contributed by atoms with Crippen molar-refractivity contribution in [1.29, 1.82) is 0 Å². The summed E-state index contributed by atoms with van der Waals surface area (Å²) in [6.07, 6.45) is 4.98. The minimum Gasteiger partial charge on any atom is -0.369 e. The number of amides is 1. The molecule has 0 saturated heterocycles. The fraction of sp³-hybridized carbons (Fsp3) is 0.227. The number of pyridine rings is 1. The maximum atomic E-state index is 12.2. The zero-order valence-electron chi connectivity index (χ0n) is 17.6. The number of H-pyrrole nitrogens is 1. The SMILES string of the molecule is CNC(=O)c1ccnc2c([C@H](C)CNc3cc(-c4cnc(C)[nH]4)ncn3)cccc12.S. The van der Waals surface area contributed by atoms with Gasteiger partial charge in [-0.15, -0.1) is 0 Å². The van der Waals surface area contributed by atoms with Crippen LogP contribution in [-0.4, -0.2) is 44.4 Å². The Balaban J connectivity index is 0.00000272. The quantitative estimate of drug-likeness (QED) is 0.428. The van der Waals surface area contributed by atoms with E-state index < -0.39 is 0 Å². The molecule has 0 radical (unpaired) electrons. The molecule has 0 saturated carbocycles. The molecule has 4 aromatic rings. The molecule has 9 heteroatoms. The molecule has 0 aliphatic heterocycles. The number of aromatic nitrogens is 5. The number of hydrogen-bond acceptors (Lipinski definition) is 6. The first-order valence-corrected chi connectivity index (χ1v) is 9.74. The molecule has 3 aromatic heterocycles. The molecule has 160 valence electrons. The first kappa shape index (κ1) is 22.2. The molecule has 0 bridgehead atoms. The molecular formula is C22H25N7OS. The topological polar surface area (TPSA) is 108 Å². The number of rotatable bonds is 6. The number of benzene rings is 1. The van der Waals surface area contributed by atoms with Gasteiger partial charge in [0, 0.05) is 37.2 Å². The molecule has 1 amide bonds. The summed E-state index contributed by atoms with van der Waals surface area (Å²) in [5.41, 5.74) is 4.17. The van der Waals surface area contributed by atoms with Crippen LogP contribution in [0.4, 0.5) is 5.82 Å². The fourth-order valence-electron chi connectivity index (χ4n) is 3.45. The molecule has 0 unspecified atom stereocenters. The second-order valence-electron chi connectivity index (χ2n) is 7.13. The Kier molecular flexibility index (Phi) is 6.86. The summed E-state index contributed by atoms with van der Waals surface area (Å²) in [5, 5.41) is 6.92. The number of anilines is 1. The molecule has 4 rings (SSSR count). The van der Waals surface area contributed by atoms with E-state index in [-0.39, 0.29) is 25.3 Å². The van der Waals surface area contributed by atoms with E-state index in [0.29, 0.717) is 12.1 Å². The number of fused-ring (bicyclic) bond motifs is 1. The lowest BCUT2D eigenvalue weighted by atomic mass is 9.96.